The lowest BCUT2D eigenvalue weighted by atomic mass is 9.82. The quantitative estimate of drug-likeness (QED) is 0.155. The first-order chi connectivity index (χ1) is 18.5. The minimum atomic E-state index is -0.579. The number of aromatic nitrogens is 1. The standard InChI is InChI=1S/C33H38F2N2S2/c1-7-9-29(36)32-22(4)10-13-28(31(32)21(3)8-2)27-14-12-26(16-17-33(5,6)39-38)37-30(27)15-11-23-18-24(34)20-25(35)19-23/h9-10,12-14,18-21,38H,7-8,11,15,36H2,1-6H3/b29-9+. The molecule has 1 unspecified atom stereocenters. The highest BCUT2D eigenvalue weighted by Crippen LogP contribution is 2.39. The van der Waals surface area contributed by atoms with Crippen molar-refractivity contribution < 1.29 is 8.78 Å². The van der Waals surface area contributed by atoms with Crippen LogP contribution in [0.5, 0.6) is 0 Å². The van der Waals surface area contributed by atoms with E-state index in [2.05, 4.69) is 75.5 Å². The average molecular weight is 565 g/mol. The average Bonchev–Trinajstić information content (AvgIpc) is 2.90. The van der Waals surface area contributed by atoms with Gasteiger partial charge in [0, 0.05) is 28.6 Å². The van der Waals surface area contributed by atoms with Gasteiger partial charge in [-0.15, -0.1) is 11.7 Å². The molecule has 39 heavy (non-hydrogen) atoms. The summed E-state index contributed by atoms with van der Waals surface area (Å²) in [5.74, 6) is 5.53. The number of benzene rings is 2. The Hall–Kier alpha value is -2.75. The van der Waals surface area contributed by atoms with E-state index in [0.29, 0.717) is 24.1 Å². The molecule has 1 heterocycles. The Morgan fingerprint density at radius 2 is 1.74 bits per heavy atom. The van der Waals surface area contributed by atoms with Crippen LogP contribution in [0.2, 0.25) is 0 Å². The van der Waals surface area contributed by atoms with E-state index in [-0.39, 0.29) is 10.7 Å². The molecule has 0 fully saturated rings. The molecular weight excluding hydrogens is 527 g/mol. The number of hydrogen-bond acceptors (Lipinski definition) is 4. The largest absolute Gasteiger partial charge is 0.398 e. The predicted octanol–water partition coefficient (Wildman–Crippen LogP) is 9.05. The molecule has 3 aromatic rings. The van der Waals surface area contributed by atoms with E-state index in [1.807, 2.05) is 19.9 Å². The molecule has 2 aromatic carbocycles. The highest BCUT2D eigenvalue weighted by Gasteiger charge is 2.21. The lowest BCUT2D eigenvalue weighted by Crippen LogP contribution is -2.10. The van der Waals surface area contributed by atoms with Crippen molar-refractivity contribution in [2.45, 2.75) is 77.9 Å². The SMILES string of the molecule is CC/C=C(/N)c1c(C)ccc(-c2ccc(C#CC(C)(C)SS)nc2CCc2cc(F)cc(F)c2)c1C(C)CC. The van der Waals surface area contributed by atoms with Crippen molar-refractivity contribution in [1.29, 1.82) is 0 Å². The third-order valence-corrected chi connectivity index (χ3v) is 8.76. The van der Waals surface area contributed by atoms with Crippen LogP contribution in [0.4, 0.5) is 8.78 Å². The number of nitrogens with zero attached hydrogens (tertiary/aromatic N) is 1. The van der Waals surface area contributed by atoms with Gasteiger partial charge >= 0.3 is 0 Å². The molecule has 3 rings (SSSR count). The first kappa shape index (κ1) is 30.8. The van der Waals surface area contributed by atoms with Crippen molar-refractivity contribution in [3.8, 4) is 23.0 Å². The molecule has 1 aromatic heterocycles. The lowest BCUT2D eigenvalue weighted by Gasteiger charge is -2.23. The summed E-state index contributed by atoms with van der Waals surface area (Å²) in [5.41, 5.74) is 15.0. The van der Waals surface area contributed by atoms with Crippen LogP contribution < -0.4 is 5.73 Å². The number of hydrogen-bond donors (Lipinski definition) is 2. The fourth-order valence-electron chi connectivity index (χ4n) is 4.65. The third-order valence-electron chi connectivity index (χ3n) is 6.83. The van der Waals surface area contributed by atoms with Crippen LogP contribution in [0, 0.1) is 30.4 Å². The number of aryl methyl sites for hydroxylation is 3. The van der Waals surface area contributed by atoms with Crippen molar-refractivity contribution in [3.63, 3.8) is 0 Å². The maximum absolute atomic E-state index is 13.9. The second-order valence-electron chi connectivity index (χ2n) is 10.4. The Balaban J connectivity index is 2.23. The number of nitrogens with two attached hydrogens (primary N) is 1. The van der Waals surface area contributed by atoms with Crippen molar-refractivity contribution in [2.75, 3.05) is 0 Å². The van der Waals surface area contributed by atoms with Gasteiger partial charge in [-0.1, -0.05) is 55.7 Å². The van der Waals surface area contributed by atoms with Crippen LogP contribution in [0.25, 0.3) is 16.8 Å². The molecule has 2 N–H and O–H groups in total. The minimum Gasteiger partial charge on any atom is -0.398 e. The lowest BCUT2D eigenvalue weighted by molar-refractivity contribution is 0.579. The van der Waals surface area contributed by atoms with E-state index in [1.165, 1.54) is 28.5 Å². The van der Waals surface area contributed by atoms with Gasteiger partial charge < -0.3 is 5.73 Å². The van der Waals surface area contributed by atoms with Gasteiger partial charge in [-0.05, 0) is 105 Å². The van der Waals surface area contributed by atoms with Crippen LogP contribution in [-0.4, -0.2) is 9.73 Å². The van der Waals surface area contributed by atoms with Gasteiger partial charge in [0.25, 0.3) is 0 Å². The molecule has 0 bridgehead atoms. The van der Waals surface area contributed by atoms with E-state index in [0.717, 1.165) is 52.6 Å². The third kappa shape index (κ3) is 7.90. The summed E-state index contributed by atoms with van der Waals surface area (Å²) < 4.78 is 27.5. The Kier molecular flexibility index (Phi) is 10.7. The highest BCUT2D eigenvalue weighted by molar-refractivity contribution is 8.69. The van der Waals surface area contributed by atoms with Crippen molar-refractivity contribution in [1.82, 2.24) is 4.98 Å². The van der Waals surface area contributed by atoms with Crippen LogP contribution in [0.15, 0.2) is 48.5 Å². The number of rotatable bonds is 9. The smallest absolute Gasteiger partial charge is 0.126 e. The molecule has 0 spiro atoms. The Labute approximate surface area is 241 Å². The number of thiol groups is 1. The zero-order chi connectivity index (χ0) is 28.7. The maximum atomic E-state index is 13.9. The zero-order valence-electron chi connectivity index (χ0n) is 23.7. The van der Waals surface area contributed by atoms with Crippen molar-refractivity contribution >= 4 is 28.2 Å². The molecule has 0 amide bonds. The molecule has 0 aliphatic rings. The van der Waals surface area contributed by atoms with E-state index < -0.39 is 11.6 Å². The van der Waals surface area contributed by atoms with E-state index in [4.69, 9.17) is 10.7 Å². The topological polar surface area (TPSA) is 38.9 Å². The predicted molar refractivity (Wildman–Crippen MR) is 167 cm³/mol. The molecule has 2 nitrogen and oxygen atoms in total. The van der Waals surface area contributed by atoms with Gasteiger partial charge in [0.05, 0.1) is 4.75 Å². The second kappa shape index (κ2) is 13.5. The molecule has 0 saturated carbocycles. The first-order valence-electron chi connectivity index (χ1n) is 13.4. The van der Waals surface area contributed by atoms with E-state index in [1.54, 1.807) is 0 Å². The maximum Gasteiger partial charge on any atom is 0.126 e. The highest BCUT2D eigenvalue weighted by atomic mass is 33.1. The summed E-state index contributed by atoms with van der Waals surface area (Å²) in [4.78, 5) is 4.96. The van der Waals surface area contributed by atoms with Gasteiger partial charge in [-0.3, -0.25) is 0 Å². The molecule has 206 valence electrons. The zero-order valence-corrected chi connectivity index (χ0v) is 25.4. The van der Waals surface area contributed by atoms with Crippen LogP contribution in [0.3, 0.4) is 0 Å². The minimum absolute atomic E-state index is 0.261. The molecule has 1 atom stereocenters. The van der Waals surface area contributed by atoms with Gasteiger partial charge in [-0.25, -0.2) is 13.8 Å². The molecule has 0 saturated heterocycles. The number of pyridine rings is 1. The summed E-state index contributed by atoms with van der Waals surface area (Å²) in [6.45, 7) is 12.6. The van der Waals surface area contributed by atoms with E-state index >= 15 is 0 Å². The molecule has 0 aliphatic carbocycles. The Morgan fingerprint density at radius 3 is 2.36 bits per heavy atom. The van der Waals surface area contributed by atoms with Crippen molar-refractivity contribution in [2.24, 2.45) is 5.73 Å². The molecule has 6 heteroatoms. The summed E-state index contributed by atoms with van der Waals surface area (Å²) in [5, 5.41) is 0. The summed E-state index contributed by atoms with van der Waals surface area (Å²) in [6, 6.07) is 11.9. The number of allylic oxidation sites excluding steroid dienone is 1. The normalized spacial score (nSPS) is 12.7. The fourth-order valence-corrected chi connectivity index (χ4v) is 4.88. The monoisotopic (exact) mass is 564 g/mol. The van der Waals surface area contributed by atoms with Crippen molar-refractivity contribution in [3.05, 3.63) is 93.8 Å². The molecule has 0 aliphatic heterocycles. The molecular formula is C33H38F2N2S2. The summed E-state index contributed by atoms with van der Waals surface area (Å²) in [6.07, 6.45) is 4.81. The number of halogens is 2. The summed E-state index contributed by atoms with van der Waals surface area (Å²) in [7, 11) is 1.38. The Morgan fingerprint density at radius 1 is 1.08 bits per heavy atom. The van der Waals surface area contributed by atoms with Crippen LogP contribution >= 0.6 is 22.5 Å². The van der Waals surface area contributed by atoms with Gasteiger partial charge in [-0.2, -0.15) is 0 Å². The van der Waals surface area contributed by atoms with Gasteiger partial charge in [0.15, 0.2) is 0 Å². The van der Waals surface area contributed by atoms with Gasteiger partial charge in [0.1, 0.15) is 17.3 Å². The van der Waals surface area contributed by atoms with Crippen LogP contribution in [-0.2, 0) is 12.8 Å². The molecule has 0 radical (unpaired) electrons. The Bertz CT molecular complexity index is 1400. The van der Waals surface area contributed by atoms with E-state index in [9.17, 15) is 8.78 Å². The van der Waals surface area contributed by atoms with Gasteiger partial charge in [0.2, 0.25) is 0 Å². The first-order valence-corrected chi connectivity index (χ1v) is 15.3. The summed E-state index contributed by atoms with van der Waals surface area (Å²) >= 11 is 4.33. The fraction of sp³-hybridized carbons (Fsp3) is 0.364. The second-order valence-corrected chi connectivity index (χ2v) is 12.2. The van der Waals surface area contributed by atoms with Crippen LogP contribution in [0.1, 0.15) is 87.0 Å².